The molecule has 0 radical (unpaired) electrons. The third-order valence-electron chi connectivity index (χ3n) is 5.27. The quantitative estimate of drug-likeness (QED) is 0.411. The molecule has 0 heterocycles. The van der Waals surface area contributed by atoms with Crippen molar-refractivity contribution in [1.29, 1.82) is 0 Å². The van der Waals surface area contributed by atoms with Crippen LogP contribution in [0.5, 0.6) is 5.75 Å². The molecular weight excluding hydrogens is 292 g/mol. The molecule has 1 N–H and O–H groups in total. The SMILES string of the molecule is CCCCCCCc1c(O)c(CC)c(CC)c(CCC)c1CCC. The zero-order valence-corrected chi connectivity index (χ0v) is 16.9. The highest BCUT2D eigenvalue weighted by Crippen LogP contribution is 2.37. The molecule has 0 saturated carbocycles. The average molecular weight is 333 g/mol. The molecule has 0 amide bonds. The van der Waals surface area contributed by atoms with E-state index in [9.17, 15) is 5.11 Å². The minimum atomic E-state index is 0.633. The number of hydrogen-bond acceptors (Lipinski definition) is 1. The third kappa shape index (κ3) is 5.26. The second kappa shape index (κ2) is 11.6. The van der Waals surface area contributed by atoms with Gasteiger partial charge < -0.3 is 5.11 Å². The van der Waals surface area contributed by atoms with Crippen molar-refractivity contribution in [3.8, 4) is 5.75 Å². The van der Waals surface area contributed by atoms with E-state index in [1.54, 1.807) is 5.56 Å². The third-order valence-corrected chi connectivity index (χ3v) is 5.27. The van der Waals surface area contributed by atoms with Gasteiger partial charge in [-0.15, -0.1) is 0 Å². The normalized spacial score (nSPS) is 11.2. The van der Waals surface area contributed by atoms with E-state index in [1.807, 2.05) is 0 Å². The molecule has 24 heavy (non-hydrogen) atoms. The molecule has 0 atom stereocenters. The number of rotatable bonds is 12. The monoisotopic (exact) mass is 332 g/mol. The lowest BCUT2D eigenvalue weighted by atomic mass is 9.83. The molecule has 1 aromatic carbocycles. The van der Waals surface area contributed by atoms with Crippen LogP contribution in [0.15, 0.2) is 0 Å². The first-order valence-corrected chi connectivity index (χ1v) is 10.5. The molecule has 138 valence electrons. The van der Waals surface area contributed by atoms with Gasteiger partial charge in [0.1, 0.15) is 5.75 Å². The predicted molar refractivity (Wildman–Crippen MR) is 107 cm³/mol. The molecule has 1 nitrogen and oxygen atoms in total. The van der Waals surface area contributed by atoms with Crippen LogP contribution < -0.4 is 0 Å². The molecule has 0 aliphatic rings. The minimum absolute atomic E-state index is 0.633. The number of phenols is 1. The summed E-state index contributed by atoms with van der Waals surface area (Å²) in [7, 11) is 0. The van der Waals surface area contributed by atoms with Crippen molar-refractivity contribution in [2.45, 2.75) is 112 Å². The number of unbranched alkanes of at least 4 members (excludes halogenated alkanes) is 4. The number of benzene rings is 1. The van der Waals surface area contributed by atoms with Crippen molar-refractivity contribution < 1.29 is 5.11 Å². The highest BCUT2D eigenvalue weighted by molar-refractivity contribution is 5.55. The Balaban J connectivity index is 3.24. The van der Waals surface area contributed by atoms with Gasteiger partial charge in [0.25, 0.3) is 0 Å². The molecule has 0 saturated heterocycles. The number of aromatic hydroxyl groups is 1. The maximum atomic E-state index is 11.0. The van der Waals surface area contributed by atoms with Crippen LogP contribution in [0.1, 0.15) is 107 Å². The molecule has 0 unspecified atom stereocenters. The van der Waals surface area contributed by atoms with Crippen molar-refractivity contribution in [2.24, 2.45) is 0 Å². The number of phenolic OH excluding ortho intramolecular Hbond substituents is 1. The van der Waals surface area contributed by atoms with Crippen molar-refractivity contribution in [3.05, 3.63) is 27.8 Å². The second-order valence-corrected chi connectivity index (χ2v) is 7.11. The van der Waals surface area contributed by atoms with Gasteiger partial charge in [-0.2, -0.15) is 0 Å². The topological polar surface area (TPSA) is 20.2 Å². The standard InChI is InChI=1S/C23H40O/c1-6-11-12-13-14-17-22-21(16-8-3)20(15-7-2)18(9-4)19(10-5)23(22)24/h24H,6-17H2,1-5H3. The summed E-state index contributed by atoms with van der Waals surface area (Å²) < 4.78 is 0. The van der Waals surface area contributed by atoms with Gasteiger partial charge >= 0.3 is 0 Å². The van der Waals surface area contributed by atoms with E-state index in [0.717, 1.165) is 38.5 Å². The van der Waals surface area contributed by atoms with Crippen LogP contribution in [-0.2, 0) is 32.1 Å². The van der Waals surface area contributed by atoms with Crippen molar-refractivity contribution in [1.82, 2.24) is 0 Å². The van der Waals surface area contributed by atoms with Crippen LogP contribution in [0.25, 0.3) is 0 Å². The van der Waals surface area contributed by atoms with Gasteiger partial charge in [0.2, 0.25) is 0 Å². The Morgan fingerprint density at radius 3 is 1.54 bits per heavy atom. The Hall–Kier alpha value is -0.980. The molecular formula is C23H40O. The van der Waals surface area contributed by atoms with Gasteiger partial charge in [0.15, 0.2) is 0 Å². The summed E-state index contributed by atoms with van der Waals surface area (Å²) in [6.07, 6.45) is 14.1. The fourth-order valence-electron chi connectivity index (χ4n) is 4.10. The second-order valence-electron chi connectivity index (χ2n) is 7.11. The fraction of sp³-hybridized carbons (Fsp3) is 0.739. The molecule has 0 aromatic heterocycles. The van der Waals surface area contributed by atoms with Crippen molar-refractivity contribution in [3.63, 3.8) is 0 Å². The molecule has 0 aliphatic heterocycles. The van der Waals surface area contributed by atoms with Crippen LogP contribution >= 0.6 is 0 Å². The number of hydrogen-bond donors (Lipinski definition) is 1. The van der Waals surface area contributed by atoms with E-state index in [0.29, 0.717) is 5.75 Å². The summed E-state index contributed by atoms with van der Waals surface area (Å²) in [5.74, 6) is 0.633. The van der Waals surface area contributed by atoms with Crippen molar-refractivity contribution >= 4 is 0 Å². The average Bonchev–Trinajstić information content (AvgIpc) is 2.58. The highest BCUT2D eigenvalue weighted by atomic mass is 16.3. The first kappa shape index (κ1) is 21.1. The molecule has 0 bridgehead atoms. The molecule has 1 aromatic rings. The Morgan fingerprint density at radius 2 is 1.04 bits per heavy atom. The van der Waals surface area contributed by atoms with Gasteiger partial charge in [-0.3, -0.25) is 0 Å². The fourth-order valence-corrected chi connectivity index (χ4v) is 4.10. The largest absolute Gasteiger partial charge is 0.507 e. The first-order chi connectivity index (χ1) is 11.7. The maximum absolute atomic E-state index is 11.0. The highest BCUT2D eigenvalue weighted by Gasteiger charge is 2.20. The molecule has 1 rings (SSSR count). The van der Waals surface area contributed by atoms with Crippen molar-refractivity contribution in [2.75, 3.05) is 0 Å². The lowest BCUT2D eigenvalue weighted by Crippen LogP contribution is -2.09. The van der Waals surface area contributed by atoms with E-state index in [1.165, 1.54) is 60.8 Å². The van der Waals surface area contributed by atoms with Crippen LogP contribution in [-0.4, -0.2) is 5.11 Å². The van der Waals surface area contributed by atoms with E-state index in [4.69, 9.17) is 0 Å². The van der Waals surface area contributed by atoms with Gasteiger partial charge in [0, 0.05) is 0 Å². The molecule has 0 aliphatic carbocycles. The van der Waals surface area contributed by atoms with Gasteiger partial charge in [-0.1, -0.05) is 73.1 Å². The van der Waals surface area contributed by atoms with E-state index in [-0.39, 0.29) is 0 Å². The van der Waals surface area contributed by atoms with E-state index >= 15 is 0 Å². The minimum Gasteiger partial charge on any atom is -0.507 e. The van der Waals surface area contributed by atoms with Crippen LogP contribution in [0, 0.1) is 0 Å². The van der Waals surface area contributed by atoms with Gasteiger partial charge in [-0.25, -0.2) is 0 Å². The van der Waals surface area contributed by atoms with Gasteiger partial charge in [0.05, 0.1) is 0 Å². The predicted octanol–water partition coefficient (Wildman–Crippen LogP) is 6.93. The van der Waals surface area contributed by atoms with Crippen LogP contribution in [0.3, 0.4) is 0 Å². The van der Waals surface area contributed by atoms with E-state index < -0.39 is 0 Å². The smallest absolute Gasteiger partial charge is 0.122 e. The van der Waals surface area contributed by atoms with Crippen LogP contribution in [0.4, 0.5) is 0 Å². The Bertz CT molecular complexity index is 488. The first-order valence-electron chi connectivity index (χ1n) is 10.5. The molecule has 0 fully saturated rings. The maximum Gasteiger partial charge on any atom is 0.122 e. The summed E-state index contributed by atoms with van der Waals surface area (Å²) in [6, 6.07) is 0. The Kier molecular flexibility index (Phi) is 10.1. The van der Waals surface area contributed by atoms with E-state index in [2.05, 4.69) is 34.6 Å². The zero-order valence-electron chi connectivity index (χ0n) is 16.9. The Labute approximate surface area is 150 Å². The van der Waals surface area contributed by atoms with Crippen LogP contribution in [0.2, 0.25) is 0 Å². The van der Waals surface area contributed by atoms with Gasteiger partial charge in [-0.05, 0) is 66.3 Å². The lowest BCUT2D eigenvalue weighted by Gasteiger charge is -2.23. The molecule has 1 heteroatoms. The summed E-state index contributed by atoms with van der Waals surface area (Å²) >= 11 is 0. The summed E-state index contributed by atoms with van der Waals surface area (Å²) in [5, 5.41) is 11.0. The summed E-state index contributed by atoms with van der Waals surface area (Å²) in [4.78, 5) is 0. The summed E-state index contributed by atoms with van der Waals surface area (Å²) in [6.45, 7) is 11.2. The Morgan fingerprint density at radius 1 is 0.500 bits per heavy atom. The lowest BCUT2D eigenvalue weighted by molar-refractivity contribution is 0.456. The molecule has 0 spiro atoms. The summed E-state index contributed by atoms with van der Waals surface area (Å²) in [5.41, 5.74) is 7.01. The zero-order chi connectivity index (χ0) is 17.9.